The molecule has 0 radical (unpaired) electrons. The van der Waals surface area contributed by atoms with E-state index in [0.29, 0.717) is 23.0 Å². The molecule has 7 heteroatoms. The number of allylic oxidation sites excluding steroid dienone is 3. The Bertz CT molecular complexity index is 1250. The predicted octanol–water partition coefficient (Wildman–Crippen LogP) is 6.05. The Morgan fingerprint density at radius 2 is 1.91 bits per heavy atom. The third kappa shape index (κ3) is 5.20. The van der Waals surface area contributed by atoms with Gasteiger partial charge in [0, 0.05) is 36.8 Å². The largest absolute Gasteiger partial charge is 0.493 e. The van der Waals surface area contributed by atoms with E-state index in [9.17, 15) is 0 Å². The van der Waals surface area contributed by atoms with Gasteiger partial charge in [0.25, 0.3) is 0 Å². The van der Waals surface area contributed by atoms with E-state index in [0.717, 1.165) is 28.8 Å². The Hall–Kier alpha value is -3.71. The molecule has 0 spiro atoms. The second-order valence-electron chi connectivity index (χ2n) is 8.38. The minimum Gasteiger partial charge on any atom is -0.493 e. The van der Waals surface area contributed by atoms with E-state index in [1.165, 1.54) is 5.57 Å². The van der Waals surface area contributed by atoms with Crippen LogP contribution in [-0.4, -0.2) is 38.6 Å². The van der Waals surface area contributed by atoms with Crippen LogP contribution in [0.3, 0.4) is 0 Å². The summed E-state index contributed by atoms with van der Waals surface area (Å²) in [5.74, 6) is 3.44. The van der Waals surface area contributed by atoms with Gasteiger partial charge in [-0.25, -0.2) is 0 Å². The lowest BCUT2D eigenvalue weighted by Gasteiger charge is -2.24. The fourth-order valence-electron chi connectivity index (χ4n) is 4.04. The summed E-state index contributed by atoms with van der Waals surface area (Å²) >= 11 is 0. The molecule has 0 aliphatic carbocycles. The van der Waals surface area contributed by atoms with E-state index in [4.69, 9.17) is 18.9 Å². The summed E-state index contributed by atoms with van der Waals surface area (Å²) in [6, 6.07) is 11.5. The van der Waals surface area contributed by atoms with Crippen LogP contribution in [0.15, 0.2) is 66.4 Å². The molecule has 3 aromatic rings. The van der Waals surface area contributed by atoms with Gasteiger partial charge >= 0.3 is 0 Å². The molecule has 0 bridgehead atoms. The van der Waals surface area contributed by atoms with Crippen LogP contribution >= 0.6 is 0 Å². The monoisotopic (exact) mass is 475 g/mol. The molecule has 1 N–H and O–H groups in total. The highest BCUT2D eigenvalue weighted by Crippen LogP contribution is 2.41. The molecule has 0 amide bonds. The fourth-order valence-corrected chi connectivity index (χ4v) is 4.04. The Labute approximate surface area is 207 Å². The van der Waals surface area contributed by atoms with Gasteiger partial charge in [-0.05, 0) is 44.5 Å². The Balaban J connectivity index is 1.52. The van der Waals surface area contributed by atoms with E-state index < -0.39 is 0 Å². The number of nitrogens with one attached hydrogen (secondary N) is 1. The van der Waals surface area contributed by atoms with Crippen LogP contribution in [0.2, 0.25) is 0 Å². The summed E-state index contributed by atoms with van der Waals surface area (Å²) in [7, 11) is 5.23. The van der Waals surface area contributed by atoms with Crippen molar-refractivity contribution in [2.75, 3.05) is 26.2 Å². The number of anilines is 1. The number of hydrogen-bond donors (Lipinski definition) is 1. The molecule has 1 aliphatic heterocycles. The van der Waals surface area contributed by atoms with Crippen LogP contribution in [0.5, 0.6) is 28.7 Å². The van der Waals surface area contributed by atoms with Gasteiger partial charge in [-0.2, -0.15) is 0 Å². The van der Waals surface area contributed by atoms with Gasteiger partial charge < -0.3 is 23.8 Å². The average molecular weight is 476 g/mol. The maximum atomic E-state index is 6.29. The molecule has 2 atom stereocenters. The minimum absolute atomic E-state index is 0.143. The molecule has 0 saturated carbocycles. The SMILES string of the molecule is C/C=C(\C=C/C(C)NC1Oc2ccc(Oc3ccnc4cc(OC)c(OC)cc34)cc2N1C)CC. The Morgan fingerprint density at radius 1 is 1.14 bits per heavy atom. The van der Waals surface area contributed by atoms with E-state index in [-0.39, 0.29) is 12.4 Å². The summed E-state index contributed by atoms with van der Waals surface area (Å²) in [6.45, 7) is 6.34. The normalized spacial score (nSPS) is 16.3. The zero-order valence-electron chi connectivity index (χ0n) is 21.2. The molecule has 2 heterocycles. The number of hydrogen-bond acceptors (Lipinski definition) is 7. The van der Waals surface area contributed by atoms with Crippen molar-refractivity contribution in [1.29, 1.82) is 0 Å². The molecule has 4 rings (SSSR count). The third-order valence-corrected chi connectivity index (χ3v) is 6.12. The number of fused-ring (bicyclic) bond motifs is 2. The average Bonchev–Trinajstić information content (AvgIpc) is 3.18. The summed E-state index contributed by atoms with van der Waals surface area (Å²) in [4.78, 5) is 6.52. The number of ether oxygens (including phenoxy) is 4. The second-order valence-corrected chi connectivity index (χ2v) is 8.38. The molecule has 0 fully saturated rings. The predicted molar refractivity (Wildman–Crippen MR) is 140 cm³/mol. The van der Waals surface area contributed by atoms with Crippen molar-refractivity contribution in [3.05, 3.63) is 66.4 Å². The quantitative estimate of drug-likeness (QED) is 0.378. The minimum atomic E-state index is -0.269. The molecule has 35 heavy (non-hydrogen) atoms. The van der Waals surface area contributed by atoms with E-state index in [1.54, 1.807) is 20.4 Å². The first-order valence-corrected chi connectivity index (χ1v) is 11.8. The number of benzene rings is 2. The van der Waals surface area contributed by atoms with Crippen LogP contribution in [0.25, 0.3) is 10.9 Å². The van der Waals surface area contributed by atoms with Crippen molar-refractivity contribution in [1.82, 2.24) is 10.3 Å². The third-order valence-electron chi connectivity index (χ3n) is 6.12. The molecule has 2 aromatic carbocycles. The van der Waals surface area contributed by atoms with Gasteiger partial charge in [-0.15, -0.1) is 0 Å². The first kappa shape index (κ1) is 24.4. The molecule has 2 unspecified atom stereocenters. The van der Waals surface area contributed by atoms with Gasteiger partial charge in [-0.1, -0.05) is 30.7 Å². The number of nitrogens with zero attached hydrogens (tertiary/aromatic N) is 2. The highest BCUT2D eigenvalue weighted by atomic mass is 16.5. The summed E-state index contributed by atoms with van der Waals surface area (Å²) in [5.41, 5.74) is 3.03. The lowest BCUT2D eigenvalue weighted by atomic mass is 10.1. The number of methoxy groups -OCH3 is 2. The van der Waals surface area contributed by atoms with Crippen molar-refractivity contribution >= 4 is 16.6 Å². The van der Waals surface area contributed by atoms with Crippen molar-refractivity contribution in [2.24, 2.45) is 0 Å². The van der Waals surface area contributed by atoms with Crippen molar-refractivity contribution in [3.63, 3.8) is 0 Å². The molecular weight excluding hydrogens is 442 g/mol. The summed E-state index contributed by atoms with van der Waals surface area (Å²) in [5, 5.41) is 4.35. The number of pyridine rings is 1. The smallest absolute Gasteiger partial charge is 0.230 e. The topological polar surface area (TPSA) is 65.1 Å². The molecule has 184 valence electrons. The molecule has 1 aliphatic rings. The lowest BCUT2D eigenvalue weighted by Crippen LogP contribution is -2.47. The van der Waals surface area contributed by atoms with Crippen LogP contribution in [0, 0.1) is 0 Å². The zero-order valence-corrected chi connectivity index (χ0v) is 21.2. The fraction of sp³-hybridized carbons (Fsp3) is 0.321. The first-order chi connectivity index (χ1) is 17.0. The number of aromatic nitrogens is 1. The molecule has 7 nitrogen and oxygen atoms in total. The summed E-state index contributed by atoms with van der Waals surface area (Å²) < 4.78 is 23.3. The van der Waals surface area contributed by atoms with E-state index in [1.807, 2.05) is 43.4 Å². The van der Waals surface area contributed by atoms with E-state index in [2.05, 4.69) is 54.2 Å². The zero-order chi connectivity index (χ0) is 24.9. The summed E-state index contributed by atoms with van der Waals surface area (Å²) in [6.07, 6.45) is 8.92. The van der Waals surface area contributed by atoms with Crippen LogP contribution in [0.1, 0.15) is 27.2 Å². The van der Waals surface area contributed by atoms with Crippen LogP contribution in [0.4, 0.5) is 5.69 Å². The van der Waals surface area contributed by atoms with Crippen molar-refractivity contribution in [2.45, 2.75) is 39.6 Å². The van der Waals surface area contributed by atoms with Gasteiger partial charge in [0.15, 0.2) is 11.5 Å². The Morgan fingerprint density at radius 3 is 2.63 bits per heavy atom. The van der Waals surface area contributed by atoms with Gasteiger partial charge in [0.05, 0.1) is 25.4 Å². The maximum absolute atomic E-state index is 6.29. The number of rotatable bonds is 9. The standard InChI is InChI=1S/C28H33N3O4/c1-7-19(8-2)10-9-18(3)30-28-31(4)23-15-20(11-12-25(23)35-28)34-24-13-14-29-22-17-27(33-6)26(32-5)16-21(22)24/h7,9-18,28,30H,8H2,1-6H3/b10-9-,19-7-. The maximum Gasteiger partial charge on any atom is 0.230 e. The van der Waals surface area contributed by atoms with Crippen LogP contribution in [-0.2, 0) is 0 Å². The van der Waals surface area contributed by atoms with Crippen LogP contribution < -0.4 is 29.2 Å². The van der Waals surface area contributed by atoms with Gasteiger partial charge in [-0.3, -0.25) is 10.3 Å². The highest BCUT2D eigenvalue weighted by molar-refractivity contribution is 5.88. The lowest BCUT2D eigenvalue weighted by molar-refractivity contribution is 0.182. The van der Waals surface area contributed by atoms with E-state index >= 15 is 0 Å². The highest BCUT2D eigenvalue weighted by Gasteiger charge is 2.29. The van der Waals surface area contributed by atoms with Gasteiger partial charge in [0.1, 0.15) is 17.2 Å². The molecule has 0 saturated heterocycles. The molecule has 1 aromatic heterocycles. The van der Waals surface area contributed by atoms with Crippen molar-refractivity contribution < 1.29 is 18.9 Å². The molecular formula is C28H33N3O4. The first-order valence-electron chi connectivity index (χ1n) is 11.8. The Kier molecular flexibility index (Phi) is 7.46. The van der Waals surface area contributed by atoms with Crippen molar-refractivity contribution in [3.8, 4) is 28.7 Å². The van der Waals surface area contributed by atoms with Gasteiger partial charge in [0.2, 0.25) is 6.35 Å². The second kappa shape index (κ2) is 10.7.